The number of nitrogens with zero attached hydrogens (tertiary/aromatic N) is 2. The van der Waals surface area contributed by atoms with Gasteiger partial charge in [-0.15, -0.1) is 0 Å². The van der Waals surface area contributed by atoms with Gasteiger partial charge in [-0.3, -0.25) is 5.10 Å². The monoisotopic (exact) mass is 416 g/mol. The zero-order chi connectivity index (χ0) is 19.6. The highest BCUT2D eigenvalue weighted by Crippen LogP contribution is 2.34. The number of rotatable bonds is 5. The fourth-order valence-electron chi connectivity index (χ4n) is 3.60. The molecular weight excluding hydrogens is 396 g/mol. The lowest BCUT2D eigenvalue weighted by atomic mass is 9.87. The summed E-state index contributed by atoms with van der Waals surface area (Å²) in [5.41, 5.74) is 1.07. The summed E-state index contributed by atoms with van der Waals surface area (Å²) in [7, 11) is -3.74. The maximum Gasteiger partial charge on any atom is 0.210 e. The van der Waals surface area contributed by atoms with Crippen LogP contribution in [0.3, 0.4) is 0 Å². The minimum atomic E-state index is -3.74. The second-order valence-corrected chi connectivity index (χ2v) is 9.27. The normalized spacial score (nSPS) is 15.5. The first-order valence-corrected chi connectivity index (χ1v) is 11.2. The molecule has 0 bridgehead atoms. The van der Waals surface area contributed by atoms with Crippen molar-refractivity contribution in [3.05, 3.63) is 59.4 Å². The number of aromatic nitrogens is 3. The number of H-pyrrole nitrogens is 1. The summed E-state index contributed by atoms with van der Waals surface area (Å²) in [6.07, 6.45) is 6.02. The molecule has 0 atom stereocenters. The second kappa shape index (κ2) is 7.93. The lowest BCUT2D eigenvalue weighted by Crippen LogP contribution is -2.07. The van der Waals surface area contributed by atoms with Crippen LogP contribution in [0, 0.1) is 0 Å². The third-order valence-corrected chi connectivity index (χ3v) is 7.07. The number of hydrogen-bond donors (Lipinski definition) is 2. The molecule has 0 saturated heterocycles. The van der Waals surface area contributed by atoms with Crippen LogP contribution in [0.15, 0.2) is 58.3 Å². The topological polar surface area (TPSA) is 87.7 Å². The zero-order valence-corrected chi connectivity index (χ0v) is 16.8. The van der Waals surface area contributed by atoms with Gasteiger partial charge in [-0.05, 0) is 37.1 Å². The third-order valence-electron chi connectivity index (χ3n) is 5.06. The van der Waals surface area contributed by atoms with Gasteiger partial charge in [0.15, 0.2) is 11.6 Å². The molecule has 1 fully saturated rings. The molecule has 2 heterocycles. The Kier molecular flexibility index (Phi) is 5.37. The van der Waals surface area contributed by atoms with Crippen molar-refractivity contribution in [3.63, 3.8) is 0 Å². The van der Waals surface area contributed by atoms with Crippen LogP contribution in [-0.4, -0.2) is 23.6 Å². The average molecular weight is 417 g/mol. The summed E-state index contributed by atoms with van der Waals surface area (Å²) >= 11 is 6.03. The van der Waals surface area contributed by atoms with E-state index in [0.29, 0.717) is 11.7 Å². The summed E-state index contributed by atoms with van der Waals surface area (Å²) in [5, 5.41) is 10.6. The van der Waals surface area contributed by atoms with Gasteiger partial charge in [0.05, 0.1) is 4.90 Å². The Morgan fingerprint density at radius 3 is 2.54 bits per heavy atom. The zero-order valence-electron chi connectivity index (χ0n) is 15.2. The maximum absolute atomic E-state index is 13.1. The van der Waals surface area contributed by atoms with Crippen LogP contribution >= 0.6 is 11.6 Å². The van der Waals surface area contributed by atoms with Crippen molar-refractivity contribution in [2.45, 2.75) is 47.8 Å². The Bertz CT molecular complexity index is 1060. The van der Waals surface area contributed by atoms with Gasteiger partial charge in [-0.1, -0.05) is 49.1 Å². The van der Waals surface area contributed by atoms with Crippen LogP contribution in [0.1, 0.15) is 43.7 Å². The van der Waals surface area contributed by atoms with Gasteiger partial charge in [0.25, 0.3) is 0 Å². The Labute approximate surface area is 169 Å². The van der Waals surface area contributed by atoms with Gasteiger partial charge in [0.2, 0.25) is 9.84 Å². The van der Waals surface area contributed by atoms with E-state index in [2.05, 4.69) is 20.5 Å². The molecule has 1 aromatic carbocycles. The van der Waals surface area contributed by atoms with Crippen LogP contribution in [-0.2, 0) is 9.84 Å². The van der Waals surface area contributed by atoms with Gasteiger partial charge in [-0.2, -0.15) is 5.10 Å². The average Bonchev–Trinajstić information content (AvgIpc) is 3.18. The number of halogens is 1. The van der Waals surface area contributed by atoms with Crippen molar-refractivity contribution in [1.82, 2.24) is 15.2 Å². The van der Waals surface area contributed by atoms with Gasteiger partial charge >= 0.3 is 0 Å². The van der Waals surface area contributed by atoms with E-state index >= 15 is 0 Å². The number of sulfone groups is 1. The van der Waals surface area contributed by atoms with E-state index in [1.165, 1.54) is 31.4 Å². The molecule has 1 aliphatic carbocycles. The Morgan fingerprint density at radius 2 is 1.79 bits per heavy atom. The van der Waals surface area contributed by atoms with Crippen LogP contribution in [0.5, 0.6) is 0 Å². The Balaban J connectivity index is 1.65. The molecule has 3 aromatic rings. The predicted octanol–water partition coefficient (Wildman–Crippen LogP) is 5.08. The fraction of sp³-hybridized carbons (Fsp3) is 0.300. The number of aromatic amines is 1. The number of benzene rings is 1. The Hall–Kier alpha value is -2.38. The maximum atomic E-state index is 13.1. The molecule has 4 rings (SSSR count). The molecule has 0 radical (unpaired) electrons. The lowest BCUT2D eigenvalue weighted by molar-refractivity contribution is 0.436. The molecular formula is C20H21ClN4O2S. The molecule has 8 heteroatoms. The van der Waals surface area contributed by atoms with E-state index < -0.39 is 9.84 Å². The van der Waals surface area contributed by atoms with E-state index in [9.17, 15) is 8.42 Å². The summed E-state index contributed by atoms with van der Waals surface area (Å²) in [6.45, 7) is 0. The molecule has 0 aliphatic heterocycles. The van der Waals surface area contributed by atoms with Crippen molar-refractivity contribution >= 4 is 33.1 Å². The van der Waals surface area contributed by atoms with Crippen LogP contribution in [0.25, 0.3) is 0 Å². The van der Waals surface area contributed by atoms with Crippen LogP contribution in [0.2, 0.25) is 5.15 Å². The number of nitrogens with one attached hydrogen (secondary N) is 2. The van der Waals surface area contributed by atoms with Gasteiger partial charge in [0.1, 0.15) is 10.0 Å². The van der Waals surface area contributed by atoms with Crippen molar-refractivity contribution in [2.24, 2.45) is 0 Å². The molecule has 2 N–H and O–H groups in total. The SMILES string of the molecule is O=S(=O)(c1ccccc1)c1ccc(Cl)nc1Nc1cc(C2CCCCC2)[nH]n1. The highest BCUT2D eigenvalue weighted by molar-refractivity contribution is 7.91. The highest BCUT2D eigenvalue weighted by Gasteiger charge is 2.24. The van der Waals surface area contributed by atoms with E-state index in [-0.39, 0.29) is 20.8 Å². The Morgan fingerprint density at radius 1 is 1.04 bits per heavy atom. The minimum absolute atomic E-state index is 0.0605. The molecule has 28 heavy (non-hydrogen) atoms. The molecule has 0 unspecified atom stereocenters. The summed E-state index contributed by atoms with van der Waals surface area (Å²) in [5.74, 6) is 1.16. The molecule has 0 amide bonds. The molecule has 1 aliphatic rings. The predicted molar refractivity (Wildman–Crippen MR) is 109 cm³/mol. The molecule has 1 saturated carbocycles. The minimum Gasteiger partial charge on any atom is -0.322 e. The fourth-order valence-corrected chi connectivity index (χ4v) is 5.12. The second-order valence-electron chi connectivity index (χ2n) is 6.97. The molecule has 2 aromatic heterocycles. The first-order valence-electron chi connectivity index (χ1n) is 9.33. The number of anilines is 2. The van der Waals surface area contributed by atoms with Gasteiger partial charge in [0, 0.05) is 17.7 Å². The van der Waals surface area contributed by atoms with Gasteiger partial charge < -0.3 is 5.32 Å². The molecule has 0 spiro atoms. The molecule has 146 valence electrons. The van der Waals surface area contributed by atoms with Crippen molar-refractivity contribution in [3.8, 4) is 0 Å². The van der Waals surface area contributed by atoms with E-state index in [1.807, 2.05) is 6.07 Å². The summed E-state index contributed by atoms with van der Waals surface area (Å²) in [4.78, 5) is 4.46. The van der Waals surface area contributed by atoms with E-state index in [0.717, 1.165) is 18.5 Å². The van der Waals surface area contributed by atoms with E-state index in [4.69, 9.17) is 11.6 Å². The third kappa shape index (κ3) is 3.91. The van der Waals surface area contributed by atoms with Crippen LogP contribution in [0.4, 0.5) is 11.6 Å². The van der Waals surface area contributed by atoms with Gasteiger partial charge in [-0.25, -0.2) is 13.4 Å². The summed E-state index contributed by atoms with van der Waals surface area (Å²) in [6, 6.07) is 13.1. The smallest absolute Gasteiger partial charge is 0.210 e. The lowest BCUT2D eigenvalue weighted by Gasteiger charge is -2.19. The van der Waals surface area contributed by atoms with Crippen molar-refractivity contribution < 1.29 is 8.42 Å². The van der Waals surface area contributed by atoms with E-state index in [1.54, 1.807) is 30.3 Å². The first kappa shape index (κ1) is 19.0. The largest absolute Gasteiger partial charge is 0.322 e. The van der Waals surface area contributed by atoms with Crippen molar-refractivity contribution in [2.75, 3.05) is 5.32 Å². The number of pyridine rings is 1. The summed E-state index contributed by atoms with van der Waals surface area (Å²) < 4.78 is 26.1. The van der Waals surface area contributed by atoms with Crippen molar-refractivity contribution in [1.29, 1.82) is 0 Å². The van der Waals surface area contributed by atoms with Crippen LogP contribution < -0.4 is 5.32 Å². The standard InChI is InChI=1S/C20H21ClN4O2S/c21-18-12-11-17(28(26,27)15-9-5-2-6-10-15)20(22-18)23-19-13-16(24-25-19)14-7-3-1-4-8-14/h2,5-6,9-14H,1,3-4,7-8H2,(H2,22,23,24,25). The first-order chi connectivity index (χ1) is 13.5. The quantitative estimate of drug-likeness (QED) is 0.566. The number of hydrogen-bond acceptors (Lipinski definition) is 5. The molecule has 6 nitrogen and oxygen atoms in total. The highest BCUT2D eigenvalue weighted by atomic mass is 35.5.